The molecule has 2 aromatic rings. The fourth-order valence-corrected chi connectivity index (χ4v) is 1.58. The van der Waals surface area contributed by atoms with Crippen LogP contribution in [0, 0.1) is 6.92 Å². The summed E-state index contributed by atoms with van der Waals surface area (Å²) in [6.45, 7) is 2.02. The van der Waals surface area contributed by atoms with E-state index in [0.29, 0.717) is 0 Å². The van der Waals surface area contributed by atoms with Crippen molar-refractivity contribution >= 4 is 0 Å². The molecule has 1 aromatic heterocycles. The fourth-order valence-electron chi connectivity index (χ4n) is 1.58. The molecule has 0 radical (unpaired) electrons. The molecule has 0 bridgehead atoms. The lowest BCUT2D eigenvalue weighted by Gasteiger charge is -2.09. The van der Waals surface area contributed by atoms with E-state index in [1.54, 1.807) is 13.3 Å². The van der Waals surface area contributed by atoms with Crippen LogP contribution in [-0.2, 0) is 0 Å². The SMILES string of the molecule is COc1c(C)cccc1-c1ccncn1. The summed E-state index contributed by atoms with van der Waals surface area (Å²) in [5.74, 6) is 0.871. The lowest BCUT2D eigenvalue weighted by molar-refractivity contribution is 0.413. The van der Waals surface area contributed by atoms with E-state index in [0.717, 1.165) is 22.6 Å². The van der Waals surface area contributed by atoms with E-state index in [2.05, 4.69) is 9.97 Å². The van der Waals surface area contributed by atoms with Crippen molar-refractivity contribution in [2.45, 2.75) is 6.92 Å². The number of para-hydroxylation sites is 1. The second-order valence-electron chi connectivity index (χ2n) is 3.25. The van der Waals surface area contributed by atoms with Crippen LogP contribution >= 0.6 is 0 Å². The smallest absolute Gasteiger partial charge is 0.131 e. The van der Waals surface area contributed by atoms with E-state index < -0.39 is 0 Å². The average Bonchev–Trinajstić information content (AvgIpc) is 2.30. The molecule has 1 heterocycles. The monoisotopic (exact) mass is 200 g/mol. The van der Waals surface area contributed by atoms with Crippen molar-refractivity contribution in [3.63, 3.8) is 0 Å². The van der Waals surface area contributed by atoms with Gasteiger partial charge in [-0.05, 0) is 24.6 Å². The molecule has 0 saturated heterocycles. The molecule has 0 N–H and O–H groups in total. The van der Waals surface area contributed by atoms with Gasteiger partial charge in [0.25, 0.3) is 0 Å². The van der Waals surface area contributed by atoms with Crippen LogP contribution in [0.4, 0.5) is 0 Å². The summed E-state index contributed by atoms with van der Waals surface area (Å²) in [7, 11) is 1.67. The van der Waals surface area contributed by atoms with Gasteiger partial charge in [-0.3, -0.25) is 0 Å². The third-order valence-electron chi connectivity index (χ3n) is 2.27. The number of methoxy groups -OCH3 is 1. The molecule has 1 aromatic carbocycles. The number of benzene rings is 1. The van der Waals surface area contributed by atoms with Gasteiger partial charge >= 0.3 is 0 Å². The molecule has 0 unspecified atom stereocenters. The second-order valence-corrected chi connectivity index (χ2v) is 3.25. The highest BCUT2D eigenvalue weighted by atomic mass is 16.5. The van der Waals surface area contributed by atoms with Gasteiger partial charge in [0.05, 0.1) is 12.8 Å². The molecule has 0 amide bonds. The highest BCUT2D eigenvalue weighted by Crippen LogP contribution is 2.30. The molecule has 0 aliphatic carbocycles. The molecule has 15 heavy (non-hydrogen) atoms. The van der Waals surface area contributed by atoms with Crippen LogP contribution in [0.3, 0.4) is 0 Å². The maximum atomic E-state index is 5.37. The van der Waals surface area contributed by atoms with Crippen LogP contribution < -0.4 is 4.74 Å². The Kier molecular flexibility index (Phi) is 2.63. The number of hydrogen-bond acceptors (Lipinski definition) is 3. The highest BCUT2D eigenvalue weighted by molar-refractivity contribution is 5.68. The van der Waals surface area contributed by atoms with Gasteiger partial charge in [-0.15, -0.1) is 0 Å². The first-order valence-electron chi connectivity index (χ1n) is 4.73. The minimum absolute atomic E-state index is 0.871. The number of aryl methyl sites for hydroxylation is 1. The largest absolute Gasteiger partial charge is 0.496 e. The molecular weight excluding hydrogens is 188 g/mol. The Morgan fingerprint density at radius 3 is 2.73 bits per heavy atom. The first kappa shape index (κ1) is 9.65. The van der Waals surface area contributed by atoms with Gasteiger partial charge < -0.3 is 4.74 Å². The number of rotatable bonds is 2. The van der Waals surface area contributed by atoms with Crippen LogP contribution in [0.15, 0.2) is 36.8 Å². The first-order valence-corrected chi connectivity index (χ1v) is 4.73. The van der Waals surface area contributed by atoms with Crippen molar-refractivity contribution in [2.75, 3.05) is 7.11 Å². The van der Waals surface area contributed by atoms with Gasteiger partial charge in [0, 0.05) is 11.8 Å². The summed E-state index contributed by atoms with van der Waals surface area (Å²) in [6, 6.07) is 7.88. The van der Waals surface area contributed by atoms with Crippen molar-refractivity contribution in [3.8, 4) is 17.0 Å². The number of ether oxygens (including phenoxy) is 1. The van der Waals surface area contributed by atoms with E-state index in [9.17, 15) is 0 Å². The Balaban J connectivity index is 2.58. The maximum Gasteiger partial charge on any atom is 0.131 e. The molecular formula is C12H12N2O. The van der Waals surface area contributed by atoms with Gasteiger partial charge in [0.2, 0.25) is 0 Å². The van der Waals surface area contributed by atoms with E-state index in [1.165, 1.54) is 6.33 Å². The fraction of sp³-hybridized carbons (Fsp3) is 0.167. The predicted molar refractivity (Wildman–Crippen MR) is 58.8 cm³/mol. The number of aromatic nitrogens is 2. The zero-order chi connectivity index (χ0) is 10.7. The minimum atomic E-state index is 0.871. The summed E-state index contributed by atoms with van der Waals surface area (Å²) in [5, 5.41) is 0. The molecule has 3 nitrogen and oxygen atoms in total. The molecule has 0 aliphatic heterocycles. The zero-order valence-electron chi connectivity index (χ0n) is 8.77. The Hall–Kier alpha value is -1.90. The molecule has 76 valence electrons. The minimum Gasteiger partial charge on any atom is -0.496 e. The van der Waals surface area contributed by atoms with Gasteiger partial charge in [-0.2, -0.15) is 0 Å². The third-order valence-corrected chi connectivity index (χ3v) is 2.27. The van der Waals surface area contributed by atoms with Gasteiger partial charge in [0.15, 0.2) is 0 Å². The molecule has 2 rings (SSSR count). The summed E-state index contributed by atoms with van der Waals surface area (Å²) in [5.41, 5.74) is 2.99. The molecule has 0 saturated carbocycles. The van der Waals surface area contributed by atoms with E-state index in [1.807, 2.05) is 31.2 Å². The van der Waals surface area contributed by atoms with Crippen LogP contribution in [0.25, 0.3) is 11.3 Å². The van der Waals surface area contributed by atoms with Crippen molar-refractivity contribution in [2.24, 2.45) is 0 Å². The molecule has 0 spiro atoms. The van der Waals surface area contributed by atoms with Crippen LogP contribution in [0.2, 0.25) is 0 Å². The maximum absolute atomic E-state index is 5.37. The Labute approximate surface area is 88.8 Å². The Morgan fingerprint density at radius 1 is 1.20 bits per heavy atom. The summed E-state index contributed by atoms with van der Waals surface area (Å²) in [4.78, 5) is 8.10. The van der Waals surface area contributed by atoms with E-state index in [-0.39, 0.29) is 0 Å². The van der Waals surface area contributed by atoms with Crippen molar-refractivity contribution in [1.82, 2.24) is 9.97 Å². The second kappa shape index (κ2) is 4.09. The number of hydrogen-bond donors (Lipinski definition) is 0. The standard InChI is InChI=1S/C12H12N2O/c1-9-4-3-5-10(12(9)15-2)11-6-7-13-8-14-11/h3-8H,1-2H3. The van der Waals surface area contributed by atoms with Gasteiger partial charge in [0.1, 0.15) is 12.1 Å². The highest BCUT2D eigenvalue weighted by Gasteiger charge is 2.08. The van der Waals surface area contributed by atoms with E-state index in [4.69, 9.17) is 4.74 Å². The summed E-state index contributed by atoms with van der Waals surface area (Å²) >= 11 is 0. The lowest BCUT2D eigenvalue weighted by atomic mass is 10.1. The normalized spacial score (nSPS) is 10.0. The first-order chi connectivity index (χ1) is 7.33. The topological polar surface area (TPSA) is 35.0 Å². The van der Waals surface area contributed by atoms with Gasteiger partial charge in [-0.1, -0.05) is 12.1 Å². The average molecular weight is 200 g/mol. The van der Waals surface area contributed by atoms with Crippen LogP contribution in [0.5, 0.6) is 5.75 Å². The third kappa shape index (κ3) is 1.81. The number of nitrogens with zero attached hydrogens (tertiary/aromatic N) is 2. The molecule has 0 aliphatic rings. The Morgan fingerprint density at radius 2 is 2.07 bits per heavy atom. The molecule has 0 atom stereocenters. The van der Waals surface area contributed by atoms with Crippen molar-refractivity contribution < 1.29 is 4.74 Å². The predicted octanol–water partition coefficient (Wildman–Crippen LogP) is 2.46. The van der Waals surface area contributed by atoms with E-state index >= 15 is 0 Å². The van der Waals surface area contributed by atoms with Crippen LogP contribution in [0.1, 0.15) is 5.56 Å². The molecule has 3 heteroatoms. The zero-order valence-corrected chi connectivity index (χ0v) is 8.77. The molecule has 0 fully saturated rings. The lowest BCUT2D eigenvalue weighted by Crippen LogP contribution is -1.92. The van der Waals surface area contributed by atoms with Crippen molar-refractivity contribution in [3.05, 3.63) is 42.4 Å². The van der Waals surface area contributed by atoms with Crippen LogP contribution in [-0.4, -0.2) is 17.1 Å². The Bertz CT molecular complexity index is 454. The van der Waals surface area contributed by atoms with Crippen molar-refractivity contribution in [1.29, 1.82) is 0 Å². The quantitative estimate of drug-likeness (QED) is 0.747. The summed E-state index contributed by atoms with van der Waals surface area (Å²) in [6.07, 6.45) is 3.27. The van der Waals surface area contributed by atoms with Gasteiger partial charge in [-0.25, -0.2) is 9.97 Å². The summed E-state index contributed by atoms with van der Waals surface area (Å²) < 4.78 is 5.37.